The molecule has 0 bridgehead atoms. The summed E-state index contributed by atoms with van der Waals surface area (Å²) in [4.78, 5) is 8.29. The first-order valence-corrected chi connectivity index (χ1v) is 11.1. The highest BCUT2D eigenvalue weighted by Gasteiger charge is 2.11. The lowest BCUT2D eigenvalue weighted by atomic mass is 9.89. The van der Waals surface area contributed by atoms with E-state index in [1.165, 1.54) is 61.6 Å². The van der Waals surface area contributed by atoms with Crippen molar-refractivity contribution in [1.29, 1.82) is 0 Å². The van der Waals surface area contributed by atoms with Gasteiger partial charge in [-0.3, -0.25) is 0 Å². The Morgan fingerprint density at radius 1 is 0.929 bits per heavy atom. The molecule has 0 spiro atoms. The zero-order chi connectivity index (χ0) is 20.1. The fourth-order valence-corrected chi connectivity index (χ4v) is 3.99. The van der Waals surface area contributed by atoms with Crippen LogP contribution in [-0.2, 0) is 12.8 Å². The summed E-state index contributed by atoms with van der Waals surface area (Å²) in [7, 11) is 0. The summed E-state index contributed by atoms with van der Waals surface area (Å²) in [5.74, 6) is 0.640. The quantitative estimate of drug-likeness (QED) is 0.387. The zero-order valence-corrected chi connectivity index (χ0v) is 18.2. The van der Waals surface area contributed by atoms with Crippen molar-refractivity contribution >= 4 is 27.6 Å². The van der Waals surface area contributed by atoms with Crippen LogP contribution < -0.4 is 5.73 Å². The van der Waals surface area contributed by atoms with Crippen LogP contribution in [0.1, 0.15) is 83.9 Å². The van der Waals surface area contributed by atoms with E-state index in [2.05, 4.69) is 56.9 Å². The molecule has 152 valence electrons. The molecule has 0 atom stereocenters. The highest BCUT2D eigenvalue weighted by Crippen LogP contribution is 2.30. The lowest BCUT2D eigenvalue weighted by Gasteiger charge is -2.17. The van der Waals surface area contributed by atoms with Crippen LogP contribution in [0.2, 0.25) is 0 Å². The number of nitrogen functional groups attached to an aromatic ring is 1. The van der Waals surface area contributed by atoms with Gasteiger partial charge in [-0.25, -0.2) is 4.98 Å². The summed E-state index contributed by atoms with van der Waals surface area (Å²) in [6, 6.07) is 8.89. The van der Waals surface area contributed by atoms with Gasteiger partial charge in [-0.15, -0.1) is 0 Å². The van der Waals surface area contributed by atoms with Crippen molar-refractivity contribution in [3.63, 3.8) is 0 Å². The topological polar surface area (TPSA) is 54.7 Å². The second kappa shape index (κ2) is 8.98. The zero-order valence-electron chi connectivity index (χ0n) is 18.2. The van der Waals surface area contributed by atoms with Crippen LogP contribution in [-0.4, -0.2) is 9.97 Å². The molecule has 2 aromatic heterocycles. The summed E-state index contributed by atoms with van der Waals surface area (Å²) in [5.41, 5.74) is 11.5. The normalized spacial score (nSPS) is 12.3. The summed E-state index contributed by atoms with van der Waals surface area (Å²) in [6.45, 7) is 9.21. The van der Waals surface area contributed by atoms with Crippen molar-refractivity contribution in [3.05, 3.63) is 35.5 Å². The van der Waals surface area contributed by atoms with Gasteiger partial charge in [-0.05, 0) is 55.2 Å². The second-order valence-corrected chi connectivity index (χ2v) is 9.51. The van der Waals surface area contributed by atoms with E-state index in [1.807, 2.05) is 0 Å². The molecule has 3 nitrogen and oxygen atoms in total. The number of aryl methyl sites for hydroxylation is 2. The first-order valence-electron chi connectivity index (χ1n) is 11.1. The molecule has 0 fully saturated rings. The molecule has 0 saturated carbocycles. The predicted molar refractivity (Wildman–Crippen MR) is 123 cm³/mol. The molecule has 0 aliphatic heterocycles. The first-order chi connectivity index (χ1) is 13.4. The number of rotatable bonds is 9. The van der Waals surface area contributed by atoms with E-state index in [0.29, 0.717) is 11.2 Å². The standard InChI is InChI=1S/C25H37N3/c1-5-6-12-19-17-21-23(27-19)20-14-13-18(16-22(20)28-24(21)26)11-9-7-8-10-15-25(2,3)4/h13-14,16-17,27H,5-12,15H2,1-4H3,(H2,26,28). The third-order valence-electron chi connectivity index (χ3n) is 5.66. The van der Waals surface area contributed by atoms with Crippen LogP contribution in [0, 0.1) is 5.41 Å². The van der Waals surface area contributed by atoms with E-state index in [9.17, 15) is 0 Å². The van der Waals surface area contributed by atoms with Crippen molar-refractivity contribution in [1.82, 2.24) is 9.97 Å². The number of nitrogens with two attached hydrogens (primary N) is 1. The van der Waals surface area contributed by atoms with Crippen molar-refractivity contribution in [2.75, 3.05) is 5.73 Å². The number of anilines is 1. The molecule has 0 aliphatic rings. The van der Waals surface area contributed by atoms with Gasteiger partial charge in [0, 0.05) is 16.5 Å². The SMILES string of the molecule is CCCCc1cc2c(N)nc3cc(CCCCCCC(C)(C)C)ccc3c2[nH]1. The smallest absolute Gasteiger partial charge is 0.133 e. The molecular formula is C25H37N3. The van der Waals surface area contributed by atoms with Crippen LogP contribution in [0.15, 0.2) is 24.3 Å². The van der Waals surface area contributed by atoms with Gasteiger partial charge < -0.3 is 10.7 Å². The van der Waals surface area contributed by atoms with Gasteiger partial charge in [-0.2, -0.15) is 0 Å². The lowest BCUT2D eigenvalue weighted by Crippen LogP contribution is -2.03. The molecule has 2 heterocycles. The Labute approximate surface area is 170 Å². The molecule has 3 N–H and O–H groups in total. The van der Waals surface area contributed by atoms with E-state index < -0.39 is 0 Å². The molecule has 3 heteroatoms. The van der Waals surface area contributed by atoms with E-state index in [1.54, 1.807) is 0 Å². The Hall–Kier alpha value is -2.03. The van der Waals surface area contributed by atoms with Gasteiger partial charge in [0.25, 0.3) is 0 Å². The number of benzene rings is 1. The Bertz CT molecular complexity index is 915. The molecule has 0 aliphatic carbocycles. The Kier molecular flexibility index (Phi) is 6.64. The minimum atomic E-state index is 0.462. The van der Waals surface area contributed by atoms with Gasteiger partial charge in [0.1, 0.15) is 5.82 Å². The third kappa shape index (κ3) is 5.27. The number of aromatic nitrogens is 2. The lowest BCUT2D eigenvalue weighted by molar-refractivity contribution is 0.357. The number of hydrogen-bond acceptors (Lipinski definition) is 2. The third-order valence-corrected chi connectivity index (χ3v) is 5.66. The number of unbranched alkanes of at least 4 members (excludes halogenated alkanes) is 4. The van der Waals surface area contributed by atoms with Crippen LogP contribution in [0.5, 0.6) is 0 Å². The number of nitrogens with zero attached hydrogens (tertiary/aromatic N) is 1. The molecule has 3 aromatic rings. The minimum absolute atomic E-state index is 0.462. The van der Waals surface area contributed by atoms with Crippen LogP contribution in [0.3, 0.4) is 0 Å². The van der Waals surface area contributed by atoms with E-state index in [4.69, 9.17) is 10.7 Å². The van der Waals surface area contributed by atoms with Gasteiger partial charge >= 0.3 is 0 Å². The van der Waals surface area contributed by atoms with E-state index in [-0.39, 0.29) is 0 Å². The van der Waals surface area contributed by atoms with Crippen LogP contribution in [0.25, 0.3) is 21.8 Å². The van der Waals surface area contributed by atoms with Crippen LogP contribution >= 0.6 is 0 Å². The highest BCUT2D eigenvalue weighted by molar-refractivity contribution is 6.08. The number of fused-ring (bicyclic) bond motifs is 3. The summed E-state index contributed by atoms with van der Waals surface area (Å²) in [5, 5.41) is 2.24. The summed E-state index contributed by atoms with van der Waals surface area (Å²) in [6.07, 6.45) is 11.1. The molecule has 28 heavy (non-hydrogen) atoms. The van der Waals surface area contributed by atoms with E-state index in [0.717, 1.165) is 29.3 Å². The molecule has 0 saturated heterocycles. The molecule has 1 aromatic carbocycles. The van der Waals surface area contributed by atoms with Gasteiger partial charge in [0.15, 0.2) is 0 Å². The summed E-state index contributed by atoms with van der Waals surface area (Å²) < 4.78 is 0. The maximum atomic E-state index is 6.27. The molecule has 0 radical (unpaired) electrons. The molecular weight excluding hydrogens is 342 g/mol. The van der Waals surface area contributed by atoms with Gasteiger partial charge in [0.2, 0.25) is 0 Å². The second-order valence-electron chi connectivity index (χ2n) is 9.51. The highest BCUT2D eigenvalue weighted by atomic mass is 14.9. The number of nitrogens with one attached hydrogen (secondary N) is 1. The van der Waals surface area contributed by atoms with Gasteiger partial charge in [0.05, 0.1) is 11.0 Å². The molecule has 3 rings (SSSR count). The Morgan fingerprint density at radius 2 is 1.71 bits per heavy atom. The monoisotopic (exact) mass is 379 g/mol. The van der Waals surface area contributed by atoms with Gasteiger partial charge in [-0.1, -0.05) is 65.5 Å². The maximum absolute atomic E-state index is 6.27. The Balaban J connectivity index is 1.67. The Morgan fingerprint density at radius 3 is 2.46 bits per heavy atom. The van der Waals surface area contributed by atoms with Crippen molar-refractivity contribution < 1.29 is 0 Å². The molecule has 0 amide bonds. The van der Waals surface area contributed by atoms with Crippen molar-refractivity contribution in [3.8, 4) is 0 Å². The van der Waals surface area contributed by atoms with E-state index >= 15 is 0 Å². The molecule has 0 unspecified atom stereocenters. The number of pyridine rings is 1. The largest absolute Gasteiger partial charge is 0.383 e. The number of aromatic amines is 1. The van der Waals surface area contributed by atoms with Crippen molar-refractivity contribution in [2.24, 2.45) is 5.41 Å². The van der Waals surface area contributed by atoms with Crippen molar-refractivity contribution in [2.45, 2.75) is 85.5 Å². The average Bonchev–Trinajstić information content (AvgIpc) is 3.07. The predicted octanol–water partition coefficient (Wildman–Crippen LogP) is 7.18. The fourth-order valence-electron chi connectivity index (χ4n) is 3.99. The maximum Gasteiger partial charge on any atom is 0.133 e. The number of H-pyrrole nitrogens is 1. The number of hydrogen-bond donors (Lipinski definition) is 2. The summed E-state index contributed by atoms with van der Waals surface area (Å²) >= 11 is 0. The fraction of sp³-hybridized carbons (Fsp3) is 0.560. The first kappa shape index (κ1) is 20.7. The van der Waals surface area contributed by atoms with Crippen LogP contribution in [0.4, 0.5) is 5.82 Å². The minimum Gasteiger partial charge on any atom is -0.383 e. The average molecular weight is 380 g/mol.